The zero-order valence-corrected chi connectivity index (χ0v) is 17.0. The summed E-state index contributed by atoms with van der Waals surface area (Å²) in [7, 11) is 0. The average molecular weight is 484 g/mol. The fourth-order valence-electron chi connectivity index (χ4n) is 2.57. The van der Waals surface area contributed by atoms with Crippen molar-refractivity contribution in [2.45, 2.75) is 17.8 Å². The molecule has 2 aromatic carbocycles. The van der Waals surface area contributed by atoms with Crippen molar-refractivity contribution in [2.24, 2.45) is 0 Å². The maximum Gasteiger partial charge on any atom is 0.338 e. The minimum absolute atomic E-state index is 0.252. The number of phenolic OH excluding ortho intramolecular Hbond substituents is 6. The highest BCUT2D eigenvalue weighted by Crippen LogP contribution is 2.36. The summed E-state index contributed by atoms with van der Waals surface area (Å²) in [5, 5.41) is 86.6. The lowest BCUT2D eigenvalue weighted by Gasteiger charge is -2.30. The van der Waals surface area contributed by atoms with Crippen LogP contribution in [-0.2, 0) is 14.3 Å². The van der Waals surface area contributed by atoms with Gasteiger partial charge in [-0.15, -0.1) is 0 Å². The number of hydrogen-bond donors (Lipinski definition) is 9. The van der Waals surface area contributed by atoms with Gasteiger partial charge in [-0.3, -0.25) is 4.79 Å². The molecule has 34 heavy (non-hydrogen) atoms. The van der Waals surface area contributed by atoms with Gasteiger partial charge >= 0.3 is 11.9 Å². The summed E-state index contributed by atoms with van der Waals surface area (Å²) in [5.74, 6) is -7.77. The molecule has 14 heteroatoms. The van der Waals surface area contributed by atoms with Crippen molar-refractivity contribution in [3.8, 4) is 34.5 Å². The highest BCUT2D eigenvalue weighted by atomic mass is 16.6. The SMILES string of the molecule is O=CC(O)(COC(=O)c1cc(O)c(O)c(O)c1)[C@H](O)[C@H](O)COC(=O)c1cc(O)c(O)c(O)c1. The standard InChI is InChI=1S/C20H20O14/c21-6-20(32,7-34-19(31)9-3-12(24)16(28)13(25)4-9)17(29)14(26)5-33-18(30)8-1-10(22)15(27)11(23)2-8/h1-4,6,14,17,22-29,32H,5,7H2/t14-,17-,20?/m1/s1. The summed E-state index contributed by atoms with van der Waals surface area (Å²) >= 11 is 0. The summed E-state index contributed by atoms with van der Waals surface area (Å²) in [6.45, 7) is -2.23. The largest absolute Gasteiger partial charge is 0.504 e. The smallest absolute Gasteiger partial charge is 0.338 e. The Balaban J connectivity index is 2.02. The number of hydrogen-bond acceptors (Lipinski definition) is 14. The maximum absolute atomic E-state index is 12.0. The van der Waals surface area contributed by atoms with Gasteiger partial charge < -0.3 is 55.4 Å². The van der Waals surface area contributed by atoms with Crippen LogP contribution in [0.1, 0.15) is 20.7 Å². The molecular weight excluding hydrogens is 464 g/mol. The number of esters is 2. The summed E-state index contributed by atoms with van der Waals surface area (Å²) in [6, 6.07) is 2.89. The second kappa shape index (κ2) is 10.1. The first-order chi connectivity index (χ1) is 15.8. The molecule has 0 saturated carbocycles. The van der Waals surface area contributed by atoms with E-state index in [1.165, 1.54) is 0 Å². The fourth-order valence-corrected chi connectivity index (χ4v) is 2.57. The lowest BCUT2D eigenvalue weighted by atomic mass is 9.95. The zero-order valence-electron chi connectivity index (χ0n) is 17.0. The van der Waals surface area contributed by atoms with Gasteiger partial charge in [0, 0.05) is 0 Å². The molecule has 0 bridgehead atoms. The summed E-state index contributed by atoms with van der Waals surface area (Å²) in [6.07, 6.45) is -4.70. The van der Waals surface area contributed by atoms with Crippen LogP contribution in [0.4, 0.5) is 0 Å². The van der Waals surface area contributed by atoms with E-state index in [2.05, 4.69) is 9.47 Å². The van der Waals surface area contributed by atoms with Crippen molar-refractivity contribution in [1.29, 1.82) is 0 Å². The van der Waals surface area contributed by atoms with Crippen LogP contribution in [0, 0.1) is 0 Å². The van der Waals surface area contributed by atoms with E-state index in [1.54, 1.807) is 0 Å². The number of benzene rings is 2. The fraction of sp³-hybridized carbons (Fsp3) is 0.250. The van der Waals surface area contributed by atoms with Crippen molar-refractivity contribution in [3.63, 3.8) is 0 Å². The van der Waals surface area contributed by atoms with Gasteiger partial charge in [0.25, 0.3) is 0 Å². The highest BCUT2D eigenvalue weighted by Gasteiger charge is 2.42. The number of rotatable bonds is 9. The molecule has 0 radical (unpaired) electrons. The van der Waals surface area contributed by atoms with Crippen molar-refractivity contribution in [3.05, 3.63) is 35.4 Å². The minimum Gasteiger partial charge on any atom is -0.504 e. The summed E-state index contributed by atoms with van der Waals surface area (Å²) < 4.78 is 9.32. The number of aldehydes is 1. The summed E-state index contributed by atoms with van der Waals surface area (Å²) in [5.41, 5.74) is -3.84. The molecule has 0 aromatic heterocycles. The number of phenols is 6. The van der Waals surface area contributed by atoms with Crippen molar-refractivity contribution < 1.29 is 69.8 Å². The van der Waals surface area contributed by atoms with Gasteiger partial charge in [-0.05, 0) is 24.3 Å². The van der Waals surface area contributed by atoms with Crippen molar-refractivity contribution in [2.75, 3.05) is 13.2 Å². The molecule has 0 fully saturated rings. The Morgan fingerprint density at radius 3 is 1.56 bits per heavy atom. The van der Waals surface area contributed by atoms with Crippen LogP contribution in [0.25, 0.3) is 0 Å². The molecule has 0 saturated heterocycles. The Morgan fingerprint density at radius 2 is 1.18 bits per heavy atom. The van der Waals surface area contributed by atoms with Crippen molar-refractivity contribution >= 4 is 18.2 Å². The number of aliphatic hydroxyl groups excluding tert-OH is 2. The second-order valence-corrected chi connectivity index (χ2v) is 7.02. The number of aromatic hydroxyl groups is 6. The lowest BCUT2D eigenvalue weighted by molar-refractivity contribution is -0.163. The Morgan fingerprint density at radius 1 is 0.794 bits per heavy atom. The number of aliphatic hydroxyl groups is 3. The van der Waals surface area contributed by atoms with Gasteiger partial charge in [0.1, 0.15) is 25.4 Å². The molecule has 0 aliphatic rings. The molecule has 2 aromatic rings. The molecule has 0 amide bonds. The van der Waals surface area contributed by atoms with Crippen LogP contribution in [-0.4, -0.2) is 95.2 Å². The van der Waals surface area contributed by atoms with E-state index in [1.807, 2.05) is 0 Å². The third-order valence-corrected chi connectivity index (χ3v) is 4.51. The van der Waals surface area contributed by atoms with Crippen LogP contribution in [0.15, 0.2) is 24.3 Å². The molecular formula is C20H20O14. The topological polar surface area (TPSA) is 252 Å². The zero-order chi connectivity index (χ0) is 25.8. The summed E-state index contributed by atoms with van der Waals surface area (Å²) in [4.78, 5) is 35.3. The molecule has 0 aliphatic carbocycles. The first kappa shape index (κ1) is 26.0. The van der Waals surface area contributed by atoms with Crippen LogP contribution in [0.3, 0.4) is 0 Å². The third-order valence-electron chi connectivity index (χ3n) is 4.51. The highest BCUT2D eigenvalue weighted by molar-refractivity contribution is 5.91. The van der Waals surface area contributed by atoms with E-state index in [-0.39, 0.29) is 6.29 Å². The average Bonchev–Trinajstić information content (AvgIpc) is 2.80. The normalized spacial score (nSPS) is 14.4. The van der Waals surface area contributed by atoms with Crippen molar-refractivity contribution in [1.82, 2.24) is 0 Å². The second-order valence-electron chi connectivity index (χ2n) is 7.02. The molecule has 184 valence electrons. The van der Waals surface area contributed by atoms with Gasteiger partial charge in [0.15, 0.2) is 46.4 Å². The Labute approximate surface area is 189 Å². The Bertz CT molecular complexity index is 1050. The Hall–Kier alpha value is -4.27. The van der Waals surface area contributed by atoms with E-state index in [0.29, 0.717) is 12.1 Å². The van der Waals surface area contributed by atoms with E-state index in [9.17, 15) is 60.3 Å². The van der Waals surface area contributed by atoms with Gasteiger partial charge in [-0.2, -0.15) is 0 Å². The van der Waals surface area contributed by atoms with E-state index in [0.717, 1.165) is 12.1 Å². The number of carbonyl (C=O) groups excluding carboxylic acids is 3. The molecule has 2 rings (SSSR count). The molecule has 1 unspecified atom stereocenters. The van der Waals surface area contributed by atoms with Crippen LogP contribution in [0.5, 0.6) is 34.5 Å². The van der Waals surface area contributed by atoms with Gasteiger partial charge in [-0.25, -0.2) is 9.59 Å². The number of ether oxygens (including phenoxy) is 2. The quantitative estimate of drug-likeness (QED) is 0.113. The van der Waals surface area contributed by atoms with E-state index >= 15 is 0 Å². The van der Waals surface area contributed by atoms with Gasteiger partial charge in [0.2, 0.25) is 0 Å². The Kier molecular flexibility index (Phi) is 7.73. The van der Waals surface area contributed by atoms with Crippen LogP contribution >= 0.6 is 0 Å². The maximum atomic E-state index is 12.0. The third kappa shape index (κ3) is 5.55. The predicted molar refractivity (Wildman–Crippen MR) is 106 cm³/mol. The molecule has 0 spiro atoms. The van der Waals surface area contributed by atoms with Gasteiger partial charge in [-0.1, -0.05) is 0 Å². The van der Waals surface area contributed by atoms with Crippen LogP contribution < -0.4 is 0 Å². The molecule has 3 atom stereocenters. The molecule has 14 nitrogen and oxygen atoms in total. The predicted octanol–water partition coefficient (Wildman–Crippen LogP) is -1.41. The van der Waals surface area contributed by atoms with E-state index in [4.69, 9.17) is 0 Å². The molecule has 0 heterocycles. The first-order valence-electron chi connectivity index (χ1n) is 9.19. The van der Waals surface area contributed by atoms with E-state index < -0.39 is 88.6 Å². The first-order valence-corrected chi connectivity index (χ1v) is 9.19. The van der Waals surface area contributed by atoms with Crippen LogP contribution in [0.2, 0.25) is 0 Å². The lowest BCUT2D eigenvalue weighted by Crippen LogP contribution is -2.55. The van der Waals surface area contributed by atoms with Gasteiger partial charge in [0.05, 0.1) is 11.1 Å². The number of carbonyl (C=O) groups is 3. The monoisotopic (exact) mass is 484 g/mol. The minimum atomic E-state index is -2.89. The molecule has 9 N–H and O–H groups in total. The molecule has 0 aliphatic heterocycles.